The van der Waals surface area contributed by atoms with Crippen LogP contribution in [-0.4, -0.2) is 23.6 Å². The van der Waals surface area contributed by atoms with Crippen LogP contribution >= 0.6 is 22.9 Å². The fraction of sp³-hybridized carbons (Fsp3) is 0.316. The van der Waals surface area contributed by atoms with Gasteiger partial charge in [-0.15, -0.1) is 11.3 Å². The Labute approximate surface area is 169 Å². The van der Waals surface area contributed by atoms with Crippen molar-refractivity contribution in [1.82, 2.24) is 0 Å². The predicted octanol–water partition coefficient (Wildman–Crippen LogP) is 3.65. The molecule has 1 aliphatic heterocycles. The highest BCUT2D eigenvalue weighted by atomic mass is 35.5. The zero-order valence-electron chi connectivity index (χ0n) is 14.8. The molecular formula is C19H17ClFN3O3S. The molecule has 0 bridgehead atoms. The Hall–Kier alpha value is -2.45. The van der Waals surface area contributed by atoms with E-state index >= 15 is 0 Å². The number of aryl methyl sites for hydroxylation is 1. The lowest BCUT2D eigenvalue weighted by atomic mass is 9.95. The Balaban J connectivity index is 1.52. The summed E-state index contributed by atoms with van der Waals surface area (Å²) in [6.45, 7) is 0. The van der Waals surface area contributed by atoms with Gasteiger partial charge >= 0.3 is 0 Å². The lowest BCUT2D eigenvalue weighted by Crippen LogP contribution is -2.29. The molecule has 2 heterocycles. The van der Waals surface area contributed by atoms with Crippen molar-refractivity contribution < 1.29 is 18.8 Å². The van der Waals surface area contributed by atoms with Gasteiger partial charge in [-0.05, 0) is 43.4 Å². The first-order valence-corrected chi connectivity index (χ1v) is 10.1. The number of rotatable bonds is 4. The van der Waals surface area contributed by atoms with Gasteiger partial charge in [-0.25, -0.2) is 4.39 Å². The summed E-state index contributed by atoms with van der Waals surface area (Å²) in [6.07, 6.45) is 2.82. The number of carbonyl (C=O) groups is 2. The lowest BCUT2D eigenvalue weighted by molar-refractivity contribution is -0.125. The first kappa shape index (κ1) is 18.9. The average molecular weight is 422 g/mol. The van der Waals surface area contributed by atoms with Crippen LogP contribution in [0.2, 0.25) is 5.02 Å². The molecular weight excluding hydrogens is 405 g/mol. The van der Waals surface area contributed by atoms with E-state index in [1.807, 2.05) is 0 Å². The molecule has 28 heavy (non-hydrogen) atoms. The SMILES string of the molecule is NC(=O)c1c(NC(=O)C2CC(c3c(F)cccc3Cl)=NO2)sc2c1CCCC2. The summed E-state index contributed by atoms with van der Waals surface area (Å²) < 4.78 is 14.1. The van der Waals surface area contributed by atoms with Crippen molar-refractivity contribution in [2.45, 2.75) is 38.2 Å². The minimum absolute atomic E-state index is 0.0729. The Kier molecular flexibility index (Phi) is 5.07. The number of nitrogens with one attached hydrogen (secondary N) is 1. The number of halogens is 2. The summed E-state index contributed by atoms with van der Waals surface area (Å²) in [7, 11) is 0. The topological polar surface area (TPSA) is 93.8 Å². The Morgan fingerprint density at radius 2 is 2.11 bits per heavy atom. The Morgan fingerprint density at radius 3 is 2.86 bits per heavy atom. The molecule has 0 radical (unpaired) electrons. The third-order valence-corrected chi connectivity index (χ3v) is 6.39. The first-order valence-electron chi connectivity index (χ1n) is 8.88. The smallest absolute Gasteiger partial charge is 0.269 e. The van der Waals surface area contributed by atoms with Gasteiger partial charge in [-0.1, -0.05) is 22.8 Å². The van der Waals surface area contributed by atoms with E-state index in [9.17, 15) is 14.0 Å². The van der Waals surface area contributed by atoms with Crippen molar-refractivity contribution in [3.05, 3.63) is 50.6 Å². The lowest BCUT2D eigenvalue weighted by Gasteiger charge is -2.11. The summed E-state index contributed by atoms with van der Waals surface area (Å²) >= 11 is 7.43. The molecule has 2 aliphatic rings. The van der Waals surface area contributed by atoms with Crippen LogP contribution < -0.4 is 11.1 Å². The number of primary amides is 1. The van der Waals surface area contributed by atoms with Crippen molar-refractivity contribution >= 4 is 45.5 Å². The molecule has 1 aliphatic carbocycles. The molecule has 2 aromatic rings. The Bertz CT molecular complexity index is 984. The number of hydrogen-bond acceptors (Lipinski definition) is 5. The van der Waals surface area contributed by atoms with Crippen LogP contribution in [0.4, 0.5) is 9.39 Å². The normalized spacial score (nSPS) is 18.2. The quantitative estimate of drug-likeness (QED) is 0.788. The molecule has 146 valence electrons. The third kappa shape index (κ3) is 3.38. The minimum Gasteiger partial charge on any atom is -0.382 e. The molecule has 0 saturated carbocycles. The number of thiophene rings is 1. The standard InChI is InChI=1S/C19H17ClFN3O3S/c20-10-5-3-6-11(21)16(10)12-8-13(27-24-12)18(26)23-19-15(17(22)25)9-4-1-2-7-14(9)28-19/h3,5-6,13H,1-2,4,7-8H2,(H2,22,25)(H,23,26). The molecule has 0 saturated heterocycles. The van der Waals surface area contributed by atoms with Crippen LogP contribution in [0.1, 0.15) is 45.6 Å². The van der Waals surface area contributed by atoms with Crippen LogP contribution in [0.25, 0.3) is 0 Å². The highest BCUT2D eigenvalue weighted by Crippen LogP contribution is 2.38. The molecule has 2 amide bonds. The second kappa shape index (κ2) is 7.52. The highest BCUT2D eigenvalue weighted by Gasteiger charge is 2.33. The van der Waals surface area contributed by atoms with Gasteiger partial charge in [0.2, 0.25) is 6.10 Å². The summed E-state index contributed by atoms with van der Waals surface area (Å²) in [5.41, 5.74) is 7.26. The van der Waals surface area contributed by atoms with Crippen molar-refractivity contribution in [3.63, 3.8) is 0 Å². The van der Waals surface area contributed by atoms with E-state index in [1.165, 1.54) is 23.5 Å². The molecule has 0 spiro atoms. The summed E-state index contributed by atoms with van der Waals surface area (Å²) in [5.74, 6) is -1.55. The van der Waals surface area contributed by atoms with E-state index in [-0.39, 0.29) is 22.7 Å². The zero-order chi connectivity index (χ0) is 19.8. The van der Waals surface area contributed by atoms with Crippen LogP contribution in [-0.2, 0) is 22.5 Å². The largest absolute Gasteiger partial charge is 0.382 e. The average Bonchev–Trinajstić information content (AvgIpc) is 3.26. The monoisotopic (exact) mass is 421 g/mol. The molecule has 4 rings (SSSR count). The number of carbonyl (C=O) groups excluding carboxylic acids is 2. The van der Waals surface area contributed by atoms with Crippen LogP contribution in [0.15, 0.2) is 23.4 Å². The van der Waals surface area contributed by atoms with Gasteiger partial charge in [0.25, 0.3) is 11.8 Å². The van der Waals surface area contributed by atoms with Crippen LogP contribution in [0.3, 0.4) is 0 Å². The van der Waals surface area contributed by atoms with Crippen molar-refractivity contribution in [2.24, 2.45) is 10.9 Å². The maximum absolute atomic E-state index is 14.1. The van der Waals surface area contributed by atoms with Gasteiger partial charge in [0.1, 0.15) is 10.8 Å². The van der Waals surface area contributed by atoms with Gasteiger partial charge < -0.3 is 15.9 Å². The van der Waals surface area contributed by atoms with Crippen LogP contribution in [0.5, 0.6) is 0 Å². The van der Waals surface area contributed by atoms with Gasteiger partial charge in [0, 0.05) is 11.3 Å². The minimum atomic E-state index is -0.939. The molecule has 1 aromatic heterocycles. The second-order valence-electron chi connectivity index (χ2n) is 6.70. The molecule has 1 unspecified atom stereocenters. The number of nitrogens with zero attached hydrogens (tertiary/aromatic N) is 1. The second-order valence-corrected chi connectivity index (χ2v) is 8.21. The van der Waals surface area contributed by atoms with E-state index in [1.54, 1.807) is 6.07 Å². The third-order valence-electron chi connectivity index (χ3n) is 4.87. The molecule has 6 nitrogen and oxygen atoms in total. The van der Waals surface area contributed by atoms with Crippen molar-refractivity contribution in [1.29, 1.82) is 0 Å². The predicted molar refractivity (Wildman–Crippen MR) is 106 cm³/mol. The maximum Gasteiger partial charge on any atom is 0.269 e. The van der Waals surface area contributed by atoms with E-state index in [2.05, 4.69) is 10.5 Å². The number of amides is 2. The molecule has 1 aromatic carbocycles. The number of oxime groups is 1. The fourth-order valence-electron chi connectivity index (χ4n) is 3.55. The van der Waals surface area contributed by atoms with Crippen molar-refractivity contribution in [2.75, 3.05) is 5.32 Å². The fourth-order valence-corrected chi connectivity index (χ4v) is 5.12. The first-order chi connectivity index (χ1) is 13.5. The van der Waals surface area contributed by atoms with Gasteiger partial charge in [0.15, 0.2) is 0 Å². The molecule has 0 fully saturated rings. The number of hydrogen-bond donors (Lipinski definition) is 2. The number of benzene rings is 1. The molecule has 3 N–H and O–H groups in total. The van der Waals surface area contributed by atoms with E-state index in [4.69, 9.17) is 22.2 Å². The van der Waals surface area contributed by atoms with Crippen molar-refractivity contribution in [3.8, 4) is 0 Å². The van der Waals surface area contributed by atoms with Crippen LogP contribution in [0, 0.1) is 5.82 Å². The van der Waals surface area contributed by atoms with E-state index in [0.717, 1.165) is 36.1 Å². The molecule has 1 atom stereocenters. The number of anilines is 1. The van der Waals surface area contributed by atoms with Gasteiger partial charge in [-0.2, -0.15) is 0 Å². The summed E-state index contributed by atoms with van der Waals surface area (Å²) in [5, 5.41) is 7.22. The zero-order valence-corrected chi connectivity index (χ0v) is 16.3. The van der Waals surface area contributed by atoms with Gasteiger partial charge in [-0.3, -0.25) is 9.59 Å². The Morgan fingerprint density at radius 1 is 1.32 bits per heavy atom. The van der Waals surface area contributed by atoms with Gasteiger partial charge in [0.05, 0.1) is 21.9 Å². The van der Waals surface area contributed by atoms with E-state index in [0.29, 0.717) is 10.6 Å². The summed E-state index contributed by atoms with van der Waals surface area (Å²) in [6, 6.07) is 4.31. The maximum atomic E-state index is 14.1. The highest BCUT2D eigenvalue weighted by molar-refractivity contribution is 7.17. The van der Waals surface area contributed by atoms with E-state index < -0.39 is 23.7 Å². The summed E-state index contributed by atoms with van der Waals surface area (Å²) in [4.78, 5) is 30.9. The number of fused-ring (bicyclic) bond motifs is 1. The number of nitrogens with two attached hydrogens (primary N) is 1. The molecule has 9 heteroatoms.